The average Bonchev–Trinajstić information content (AvgIpc) is 3.51. The third-order valence-corrected chi connectivity index (χ3v) is 6.75. The van der Waals surface area contributed by atoms with Gasteiger partial charge in [-0.05, 0) is 62.4 Å². The van der Waals surface area contributed by atoms with E-state index in [0.29, 0.717) is 30.6 Å². The minimum Gasteiger partial charge on any atom is -0.322 e. The van der Waals surface area contributed by atoms with Crippen molar-refractivity contribution >= 4 is 17.7 Å². The topological polar surface area (TPSA) is 81.8 Å². The molecule has 0 aromatic heterocycles. The summed E-state index contributed by atoms with van der Waals surface area (Å²) in [6.45, 7) is 3.56. The van der Waals surface area contributed by atoms with Gasteiger partial charge in [0.1, 0.15) is 6.04 Å². The highest BCUT2D eigenvalue weighted by molar-refractivity contribution is 6.05. The third-order valence-electron chi connectivity index (χ3n) is 6.75. The second kappa shape index (κ2) is 7.54. The Hall–Kier alpha value is -2.25. The van der Waals surface area contributed by atoms with Gasteiger partial charge in [0.05, 0.1) is 0 Å². The molecule has 1 saturated carbocycles. The minimum absolute atomic E-state index is 0.0987. The number of nitrogens with zero attached hydrogens (tertiary/aromatic N) is 2. The number of carbonyl (C=O) groups is 3. The molecule has 5 rings (SSSR count). The van der Waals surface area contributed by atoms with E-state index in [0.717, 1.165) is 25.2 Å². The van der Waals surface area contributed by atoms with E-state index in [1.54, 1.807) is 4.90 Å². The minimum atomic E-state index is -0.547. The van der Waals surface area contributed by atoms with Gasteiger partial charge in [0, 0.05) is 37.2 Å². The molecule has 29 heavy (non-hydrogen) atoms. The number of fused-ring (bicyclic) bond motifs is 1. The molecule has 0 bridgehead atoms. The molecule has 3 amide bonds. The molecule has 1 unspecified atom stereocenters. The molecule has 3 heterocycles. The number of hydrogen-bond donors (Lipinski definition) is 2. The van der Waals surface area contributed by atoms with Crippen LogP contribution in [0.2, 0.25) is 0 Å². The van der Waals surface area contributed by atoms with Gasteiger partial charge >= 0.3 is 0 Å². The Morgan fingerprint density at radius 3 is 2.48 bits per heavy atom. The van der Waals surface area contributed by atoms with E-state index in [1.807, 2.05) is 6.07 Å². The molecule has 1 atom stereocenters. The predicted octanol–water partition coefficient (Wildman–Crippen LogP) is 1.16. The quantitative estimate of drug-likeness (QED) is 0.730. The largest absolute Gasteiger partial charge is 0.322 e. The average molecular weight is 396 g/mol. The number of nitrogens with one attached hydrogen (secondary N) is 2. The lowest BCUT2D eigenvalue weighted by molar-refractivity contribution is -0.136. The van der Waals surface area contributed by atoms with Crippen LogP contribution in [0.3, 0.4) is 0 Å². The number of amides is 3. The van der Waals surface area contributed by atoms with Crippen molar-refractivity contribution in [1.29, 1.82) is 0 Å². The van der Waals surface area contributed by atoms with E-state index < -0.39 is 6.04 Å². The van der Waals surface area contributed by atoms with E-state index >= 15 is 0 Å². The normalized spacial score (nSPS) is 25.5. The molecule has 2 saturated heterocycles. The van der Waals surface area contributed by atoms with Crippen molar-refractivity contribution in [2.75, 3.05) is 13.1 Å². The highest BCUT2D eigenvalue weighted by atomic mass is 16.2. The lowest BCUT2D eigenvalue weighted by atomic mass is 10.0. The molecule has 154 valence electrons. The highest BCUT2D eigenvalue weighted by Gasteiger charge is 2.39. The zero-order chi connectivity index (χ0) is 20.0. The number of piperidine rings is 2. The Bertz CT molecular complexity index is 844. The van der Waals surface area contributed by atoms with Crippen LogP contribution >= 0.6 is 0 Å². The molecule has 0 radical (unpaired) electrons. The summed E-state index contributed by atoms with van der Waals surface area (Å²) < 4.78 is 0. The van der Waals surface area contributed by atoms with Gasteiger partial charge in [-0.1, -0.05) is 12.1 Å². The maximum Gasteiger partial charge on any atom is 0.255 e. The van der Waals surface area contributed by atoms with Crippen molar-refractivity contribution in [3.63, 3.8) is 0 Å². The first-order chi connectivity index (χ1) is 14.1. The monoisotopic (exact) mass is 396 g/mol. The van der Waals surface area contributed by atoms with Gasteiger partial charge in [0.15, 0.2) is 0 Å². The summed E-state index contributed by atoms with van der Waals surface area (Å²) in [5, 5.41) is 5.81. The molecule has 1 aliphatic carbocycles. The standard InChI is InChI=1S/C22H28N4O3/c27-20-6-5-19(21(28)24-20)26-13-15-11-14(1-4-18(15)22(26)29)12-25(16-2-3-16)17-7-9-23-10-8-17/h1,4,11,16-17,19,23H,2-3,5-10,12-13H2,(H,24,27,28). The first-order valence-electron chi connectivity index (χ1n) is 10.8. The molecule has 1 aromatic rings. The summed E-state index contributed by atoms with van der Waals surface area (Å²) in [6.07, 6.45) is 5.66. The third kappa shape index (κ3) is 3.69. The Kier molecular flexibility index (Phi) is 4.87. The van der Waals surface area contributed by atoms with E-state index in [4.69, 9.17) is 0 Å². The lowest BCUT2D eigenvalue weighted by Crippen LogP contribution is -2.52. The lowest BCUT2D eigenvalue weighted by Gasteiger charge is -2.35. The maximum absolute atomic E-state index is 12.9. The van der Waals surface area contributed by atoms with Gasteiger partial charge in [0.2, 0.25) is 11.8 Å². The Morgan fingerprint density at radius 2 is 1.76 bits per heavy atom. The van der Waals surface area contributed by atoms with Crippen molar-refractivity contribution in [1.82, 2.24) is 20.4 Å². The molecular formula is C22H28N4O3. The van der Waals surface area contributed by atoms with Crippen molar-refractivity contribution in [3.8, 4) is 0 Å². The van der Waals surface area contributed by atoms with Crippen LogP contribution in [0.5, 0.6) is 0 Å². The molecule has 7 nitrogen and oxygen atoms in total. The maximum atomic E-state index is 12.9. The number of carbonyl (C=O) groups excluding carboxylic acids is 3. The van der Waals surface area contributed by atoms with Crippen molar-refractivity contribution in [2.45, 2.75) is 69.7 Å². The second-order valence-corrected chi connectivity index (χ2v) is 8.78. The Labute approximate surface area is 170 Å². The summed E-state index contributed by atoms with van der Waals surface area (Å²) >= 11 is 0. The fourth-order valence-electron chi connectivity index (χ4n) is 5.04. The molecule has 3 fully saturated rings. The van der Waals surface area contributed by atoms with Gasteiger partial charge in [-0.25, -0.2) is 0 Å². The smallest absolute Gasteiger partial charge is 0.255 e. The molecule has 4 aliphatic rings. The molecule has 0 spiro atoms. The molecule has 2 N–H and O–H groups in total. The summed E-state index contributed by atoms with van der Waals surface area (Å²) in [7, 11) is 0. The van der Waals surface area contributed by atoms with Crippen LogP contribution in [-0.2, 0) is 22.7 Å². The van der Waals surface area contributed by atoms with Crippen molar-refractivity contribution < 1.29 is 14.4 Å². The van der Waals surface area contributed by atoms with E-state index in [-0.39, 0.29) is 24.1 Å². The first-order valence-corrected chi connectivity index (χ1v) is 10.8. The van der Waals surface area contributed by atoms with Crippen LogP contribution in [0.25, 0.3) is 0 Å². The van der Waals surface area contributed by atoms with E-state index in [2.05, 4.69) is 27.7 Å². The van der Waals surface area contributed by atoms with Crippen molar-refractivity contribution in [2.24, 2.45) is 0 Å². The SMILES string of the molecule is O=C1CCC(N2Cc3cc(CN(C4CCNCC4)C4CC4)ccc3C2=O)C(=O)N1. The van der Waals surface area contributed by atoms with Gasteiger partial charge in [-0.3, -0.25) is 24.6 Å². The first kappa shape index (κ1) is 18.8. The van der Waals surface area contributed by atoms with Crippen LogP contribution in [-0.4, -0.2) is 58.7 Å². The summed E-state index contributed by atoms with van der Waals surface area (Å²) in [4.78, 5) is 40.8. The molecule has 3 aliphatic heterocycles. The Balaban J connectivity index is 1.31. The number of benzene rings is 1. The molecule has 1 aromatic carbocycles. The van der Waals surface area contributed by atoms with Gasteiger partial charge < -0.3 is 10.2 Å². The fourth-order valence-corrected chi connectivity index (χ4v) is 5.04. The number of hydrogen-bond acceptors (Lipinski definition) is 5. The van der Waals surface area contributed by atoms with Crippen molar-refractivity contribution in [3.05, 3.63) is 34.9 Å². The highest BCUT2D eigenvalue weighted by Crippen LogP contribution is 2.34. The predicted molar refractivity (Wildman–Crippen MR) is 107 cm³/mol. The van der Waals surface area contributed by atoms with Crippen LogP contribution in [0.4, 0.5) is 0 Å². The zero-order valence-electron chi connectivity index (χ0n) is 16.7. The summed E-state index contributed by atoms with van der Waals surface area (Å²) in [5.41, 5.74) is 2.93. The van der Waals surface area contributed by atoms with Crippen LogP contribution in [0.15, 0.2) is 18.2 Å². The van der Waals surface area contributed by atoms with Gasteiger partial charge in [-0.2, -0.15) is 0 Å². The molecule has 7 heteroatoms. The van der Waals surface area contributed by atoms with Crippen LogP contribution < -0.4 is 10.6 Å². The van der Waals surface area contributed by atoms with Crippen LogP contribution in [0.1, 0.15) is 60.0 Å². The number of imide groups is 1. The summed E-state index contributed by atoms with van der Waals surface area (Å²) in [6, 6.07) is 6.93. The van der Waals surface area contributed by atoms with E-state index in [1.165, 1.54) is 31.2 Å². The fraction of sp³-hybridized carbons (Fsp3) is 0.591. The zero-order valence-corrected chi connectivity index (χ0v) is 16.7. The summed E-state index contributed by atoms with van der Waals surface area (Å²) in [5.74, 6) is -0.706. The van der Waals surface area contributed by atoms with Gasteiger partial charge in [-0.15, -0.1) is 0 Å². The van der Waals surface area contributed by atoms with E-state index in [9.17, 15) is 14.4 Å². The Morgan fingerprint density at radius 1 is 1.00 bits per heavy atom. The van der Waals surface area contributed by atoms with Gasteiger partial charge in [0.25, 0.3) is 5.91 Å². The number of rotatable bonds is 5. The second-order valence-electron chi connectivity index (χ2n) is 8.78. The molecular weight excluding hydrogens is 368 g/mol. The van der Waals surface area contributed by atoms with Crippen LogP contribution in [0, 0.1) is 0 Å².